The number of benzene rings is 1. The molecule has 1 amide bonds. The van der Waals surface area contributed by atoms with E-state index in [1.54, 1.807) is 18.5 Å². The molecule has 6 heteroatoms. The van der Waals surface area contributed by atoms with E-state index in [1.165, 1.54) is 31.4 Å². The van der Waals surface area contributed by atoms with Gasteiger partial charge in [-0.2, -0.15) is 0 Å². The summed E-state index contributed by atoms with van der Waals surface area (Å²) in [5, 5.41) is 2.75. The Morgan fingerprint density at radius 2 is 2.33 bits per heavy atom. The van der Waals surface area contributed by atoms with Crippen molar-refractivity contribution in [2.75, 3.05) is 7.11 Å². The van der Waals surface area contributed by atoms with Crippen molar-refractivity contribution < 1.29 is 13.9 Å². The lowest BCUT2D eigenvalue weighted by atomic mass is 10.2. The second kappa shape index (κ2) is 6.69. The average molecular weight is 289 g/mol. The molecule has 1 aromatic heterocycles. The van der Waals surface area contributed by atoms with Crippen LogP contribution in [0.1, 0.15) is 24.4 Å². The number of imidazole rings is 1. The molecule has 21 heavy (non-hydrogen) atoms. The zero-order valence-electron chi connectivity index (χ0n) is 11.8. The van der Waals surface area contributed by atoms with Crippen LogP contribution in [0, 0.1) is 5.82 Å². The van der Waals surface area contributed by atoms with Crippen molar-refractivity contribution in [2.45, 2.75) is 13.0 Å². The van der Waals surface area contributed by atoms with Crippen LogP contribution < -0.4 is 10.1 Å². The van der Waals surface area contributed by atoms with E-state index in [4.69, 9.17) is 4.74 Å². The minimum absolute atomic E-state index is 0.169. The van der Waals surface area contributed by atoms with Crippen molar-refractivity contribution in [3.63, 3.8) is 0 Å². The van der Waals surface area contributed by atoms with Crippen LogP contribution >= 0.6 is 0 Å². The van der Waals surface area contributed by atoms with Gasteiger partial charge in [0, 0.05) is 18.5 Å². The Morgan fingerprint density at radius 1 is 1.52 bits per heavy atom. The number of nitrogens with one attached hydrogen (secondary N) is 2. The third-order valence-electron chi connectivity index (χ3n) is 2.89. The monoisotopic (exact) mass is 289 g/mol. The van der Waals surface area contributed by atoms with Gasteiger partial charge in [-0.1, -0.05) is 6.07 Å². The Bertz CT molecular complexity index is 638. The molecular formula is C15H16FN3O2. The number of aromatic nitrogens is 2. The van der Waals surface area contributed by atoms with E-state index in [1.807, 2.05) is 6.92 Å². The molecule has 0 radical (unpaired) electrons. The molecule has 1 atom stereocenters. The molecule has 110 valence electrons. The van der Waals surface area contributed by atoms with Crippen LogP contribution in [0.4, 0.5) is 4.39 Å². The molecule has 1 unspecified atom stereocenters. The van der Waals surface area contributed by atoms with E-state index in [2.05, 4.69) is 15.3 Å². The Morgan fingerprint density at radius 3 is 2.95 bits per heavy atom. The van der Waals surface area contributed by atoms with Crippen LogP contribution in [0.25, 0.3) is 6.08 Å². The molecule has 0 saturated heterocycles. The van der Waals surface area contributed by atoms with Crippen LogP contribution in [-0.4, -0.2) is 23.0 Å². The van der Waals surface area contributed by atoms with Crippen molar-refractivity contribution in [1.82, 2.24) is 15.3 Å². The standard InChI is InChI=1S/C15H16FN3O2/c1-10(15-17-7-8-18-15)19-14(20)6-4-11-3-5-13(21-2)12(16)9-11/h3-10H,1-2H3,(H,17,18)(H,19,20)/b6-4+. The highest BCUT2D eigenvalue weighted by Gasteiger charge is 2.09. The second-order valence-electron chi connectivity index (χ2n) is 4.43. The molecule has 0 spiro atoms. The summed E-state index contributed by atoms with van der Waals surface area (Å²) in [6.07, 6.45) is 6.19. The Hall–Kier alpha value is -2.63. The molecule has 0 aliphatic rings. The number of carbonyl (C=O) groups is 1. The first-order valence-corrected chi connectivity index (χ1v) is 6.41. The predicted molar refractivity (Wildman–Crippen MR) is 77.1 cm³/mol. The Balaban J connectivity index is 1.97. The third-order valence-corrected chi connectivity index (χ3v) is 2.89. The minimum atomic E-state index is -0.469. The normalized spacial score (nSPS) is 12.3. The number of halogens is 1. The van der Waals surface area contributed by atoms with Crippen molar-refractivity contribution in [2.24, 2.45) is 0 Å². The van der Waals surface area contributed by atoms with E-state index in [0.29, 0.717) is 11.4 Å². The fourth-order valence-electron chi connectivity index (χ4n) is 1.80. The maximum absolute atomic E-state index is 13.5. The first-order valence-electron chi connectivity index (χ1n) is 6.41. The lowest BCUT2D eigenvalue weighted by Gasteiger charge is -2.09. The van der Waals surface area contributed by atoms with Gasteiger partial charge in [-0.25, -0.2) is 9.37 Å². The van der Waals surface area contributed by atoms with Crippen LogP contribution in [0.2, 0.25) is 0 Å². The molecule has 2 aromatic rings. The summed E-state index contributed by atoms with van der Waals surface area (Å²) in [6.45, 7) is 1.82. The zero-order chi connectivity index (χ0) is 15.2. The Kier molecular flexibility index (Phi) is 4.71. The maximum Gasteiger partial charge on any atom is 0.244 e. The van der Waals surface area contributed by atoms with E-state index in [0.717, 1.165) is 0 Å². The van der Waals surface area contributed by atoms with Crippen molar-refractivity contribution in [3.8, 4) is 5.75 Å². The summed E-state index contributed by atoms with van der Waals surface area (Å²) >= 11 is 0. The van der Waals surface area contributed by atoms with Crippen molar-refractivity contribution in [1.29, 1.82) is 0 Å². The SMILES string of the molecule is COc1ccc(/C=C/C(=O)NC(C)c2ncc[nH]2)cc1F. The van der Waals surface area contributed by atoms with Gasteiger partial charge >= 0.3 is 0 Å². The summed E-state index contributed by atoms with van der Waals surface area (Å²) in [6, 6.07) is 4.25. The summed E-state index contributed by atoms with van der Waals surface area (Å²) in [5.74, 6) is 0.0921. The molecule has 5 nitrogen and oxygen atoms in total. The molecule has 0 fully saturated rings. The molecule has 0 aliphatic carbocycles. The second-order valence-corrected chi connectivity index (χ2v) is 4.43. The quantitative estimate of drug-likeness (QED) is 0.831. The smallest absolute Gasteiger partial charge is 0.244 e. The maximum atomic E-state index is 13.5. The van der Waals surface area contributed by atoms with E-state index in [-0.39, 0.29) is 17.7 Å². The highest BCUT2D eigenvalue weighted by Crippen LogP contribution is 2.18. The van der Waals surface area contributed by atoms with Crippen LogP contribution in [-0.2, 0) is 4.79 Å². The van der Waals surface area contributed by atoms with Gasteiger partial charge in [0.15, 0.2) is 11.6 Å². The van der Waals surface area contributed by atoms with Gasteiger partial charge in [0.2, 0.25) is 5.91 Å². The topological polar surface area (TPSA) is 67.0 Å². The summed E-state index contributed by atoms with van der Waals surface area (Å²) in [5.41, 5.74) is 0.578. The van der Waals surface area contributed by atoms with Crippen molar-refractivity contribution >= 4 is 12.0 Å². The highest BCUT2D eigenvalue weighted by molar-refractivity contribution is 5.91. The lowest BCUT2D eigenvalue weighted by Crippen LogP contribution is -2.25. The molecule has 1 aromatic carbocycles. The molecular weight excluding hydrogens is 273 g/mol. The number of methoxy groups -OCH3 is 1. The number of carbonyl (C=O) groups excluding carboxylic acids is 1. The number of hydrogen-bond acceptors (Lipinski definition) is 3. The number of H-pyrrole nitrogens is 1. The minimum Gasteiger partial charge on any atom is -0.494 e. The number of ether oxygens (including phenoxy) is 1. The van der Waals surface area contributed by atoms with E-state index < -0.39 is 5.82 Å². The fourth-order valence-corrected chi connectivity index (χ4v) is 1.80. The number of rotatable bonds is 5. The molecule has 0 aliphatic heterocycles. The first kappa shape index (κ1) is 14.8. The molecule has 1 heterocycles. The first-order chi connectivity index (χ1) is 10.1. The number of aromatic amines is 1. The van der Waals surface area contributed by atoms with Crippen LogP contribution in [0.15, 0.2) is 36.7 Å². The van der Waals surface area contributed by atoms with Gasteiger partial charge in [-0.3, -0.25) is 4.79 Å². The molecule has 2 N–H and O–H groups in total. The predicted octanol–water partition coefficient (Wildman–Crippen LogP) is 2.45. The van der Waals surface area contributed by atoms with Gasteiger partial charge < -0.3 is 15.0 Å². The van der Waals surface area contributed by atoms with Crippen LogP contribution in [0.5, 0.6) is 5.75 Å². The fraction of sp³-hybridized carbons (Fsp3) is 0.200. The highest BCUT2D eigenvalue weighted by atomic mass is 19.1. The zero-order valence-corrected chi connectivity index (χ0v) is 11.8. The lowest BCUT2D eigenvalue weighted by molar-refractivity contribution is -0.117. The molecule has 0 saturated carbocycles. The molecule has 2 rings (SSSR count). The van der Waals surface area contributed by atoms with Crippen molar-refractivity contribution in [3.05, 3.63) is 53.9 Å². The molecule has 0 bridgehead atoms. The van der Waals surface area contributed by atoms with Crippen LogP contribution in [0.3, 0.4) is 0 Å². The van der Waals surface area contributed by atoms with E-state index >= 15 is 0 Å². The number of nitrogens with zero attached hydrogens (tertiary/aromatic N) is 1. The van der Waals surface area contributed by atoms with E-state index in [9.17, 15) is 9.18 Å². The third kappa shape index (κ3) is 3.92. The van der Waals surface area contributed by atoms with Gasteiger partial charge in [0.25, 0.3) is 0 Å². The summed E-state index contributed by atoms with van der Waals surface area (Å²) in [4.78, 5) is 18.8. The largest absolute Gasteiger partial charge is 0.494 e. The van der Waals surface area contributed by atoms with Gasteiger partial charge in [-0.05, 0) is 30.7 Å². The van der Waals surface area contributed by atoms with Gasteiger partial charge in [-0.15, -0.1) is 0 Å². The number of hydrogen-bond donors (Lipinski definition) is 2. The summed E-state index contributed by atoms with van der Waals surface area (Å²) in [7, 11) is 1.40. The Labute approximate surface area is 121 Å². The summed E-state index contributed by atoms with van der Waals surface area (Å²) < 4.78 is 18.3. The van der Waals surface area contributed by atoms with Gasteiger partial charge in [0.1, 0.15) is 5.82 Å². The van der Waals surface area contributed by atoms with Gasteiger partial charge in [0.05, 0.1) is 13.2 Å². The number of amides is 1. The average Bonchev–Trinajstić information content (AvgIpc) is 2.99.